The molecule has 0 spiro atoms. The fourth-order valence-electron chi connectivity index (χ4n) is 3.37. The van der Waals surface area contributed by atoms with E-state index >= 15 is 0 Å². The molecule has 0 atom stereocenters. The fourth-order valence-corrected chi connectivity index (χ4v) is 5.42. The van der Waals surface area contributed by atoms with E-state index in [-0.39, 0.29) is 5.91 Å². The lowest BCUT2D eigenvalue weighted by atomic mass is 9.93. The summed E-state index contributed by atoms with van der Waals surface area (Å²) < 4.78 is 10.6. The lowest BCUT2D eigenvalue weighted by molar-refractivity contribution is 0.102. The van der Waals surface area contributed by atoms with Crippen LogP contribution in [0.4, 0.5) is 5.69 Å². The van der Waals surface area contributed by atoms with E-state index in [1.807, 2.05) is 31.3 Å². The largest absolute Gasteiger partial charge is 0.444 e. The van der Waals surface area contributed by atoms with E-state index in [9.17, 15) is 4.79 Å². The zero-order valence-electron chi connectivity index (χ0n) is 15.5. The highest BCUT2D eigenvalue weighted by Crippen LogP contribution is 2.50. The maximum Gasteiger partial charge on any atom is 0.266 e. The van der Waals surface area contributed by atoms with Gasteiger partial charge < -0.3 is 10.1 Å². The van der Waals surface area contributed by atoms with Crippen molar-refractivity contribution < 1.29 is 9.53 Å². The van der Waals surface area contributed by atoms with E-state index in [1.54, 1.807) is 24.7 Å². The molecule has 0 aliphatic heterocycles. The van der Waals surface area contributed by atoms with Gasteiger partial charge in [0.05, 0.1) is 32.9 Å². The summed E-state index contributed by atoms with van der Waals surface area (Å²) in [6.07, 6.45) is 8.61. The molecular weight excluding hydrogens is 404 g/mol. The minimum atomic E-state index is -0.148. The second-order valence-corrected chi connectivity index (χ2v) is 8.42. The predicted octanol–water partition coefficient (Wildman–Crippen LogP) is 5.11. The zero-order chi connectivity index (χ0) is 19.8. The Morgan fingerprint density at radius 1 is 1.17 bits per heavy atom. The van der Waals surface area contributed by atoms with Crippen molar-refractivity contribution in [2.24, 2.45) is 0 Å². The van der Waals surface area contributed by atoms with Gasteiger partial charge in [0.1, 0.15) is 5.75 Å². The van der Waals surface area contributed by atoms with Crippen LogP contribution in [0.2, 0.25) is 0 Å². The zero-order valence-corrected chi connectivity index (χ0v) is 17.1. The van der Waals surface area contributed by atoms with Crippen LogP contribution in [0.1, 0.15) is 26.5 Å². The molecule has 0 bridgehead atoms. The minimum Gasteiger partial charge on any atom is -0.444 e. The number of nitrogens with one attached hydrogen (secondary N) is 1. The van der Waals surface area contributed by atoms with E-state index in [4.69, 9.17) is 4.74 Å². The summed E-state index contributed by atoms with van der Waals surface area (Å²) in [5.74, 6) is 0.539. The van der Waals surface area contributed by atoms with Crippen LogP contribution >= 0.6 is 22.9 Å². The van der Waals surface area contributed by atoms with Gasteiger partial charge in [-0.25, -0.2) is 4.37 Å². The first-order valence-electron chi connectivity index (χ1n) is 9.11. The van der Waals surface area contributed by atoms with Crippen molar-refractivity contribution in [2.75, 3.05) is 5.32 Å². The van der Waals surface area contributed by atoms with Crippen molar-refractivity contribution in [1.29, 1.82) is 0 Å². The number of anilines is 1. The number of thiophene rings is 1. The summed E-state index contributed by atoms with van der Waals surface area (Å²) in [5.41, 5.74) is 4.67. The summed E-state index contributed by atoms with van der Waals surface area (Å²) >= 11 is 2.81. The van der Waals surface area contributed by atoms with Crippen molar-refractivity contribution in [1.82, 2.24) is 14.3 Å². The van der Waals surface area contributed by atoms with Gasteiger partial charge in [0.2, 0.25) is 0 Å². The molecule has 0 saturated heterocycles. The molecule has 1 N–H and O–H groups in total. The third-order valence-corrected chi connectivity index (χ3v) is 6.75. The molecule has 0 aromatic carbocycles. The summed E-state index contributed by atoms with van der Waals surface area (Å²) in [6, 6.07) is 7.35. The smallest absolute Gasteiger partial charge is 0.266 e. The molecule has 4 aromatic rings. The highest BCUT2D eigenvalue weighted by molar-refractivity contribution is 7.17. The standard InChI is InChI=1S/C21H16N4O2S2/c1-12-16(5-3-9-23-12)27-21-17-15(7-6-13-10-24-29-18(13)17)19(28-21)20(26)25-14-4-2-8-22-11-14/h2-5,8-11H,6-7H2,1H3,(H,25,26). The molecule has 4 heterocycles. The minimum absolute atomic E-state index is 0.148. The monoisotopic (exact) mass is 420 g/mol. The number of pyridine rings is 2. The Morgan fingerprint density at radius 2 is 2.07 bits per heavy atom. The second-order valence-electron chi connectivity index (χ2n) is 6.64. The molecule has 29 heavy (non-hydrogen) atoms. The van der Waals surface area contributed by atoms with Gasteiger partial charge in [0, 0.05) is 18.6 Å². The normalized spacial score (nSPS) is 12.2. The van der Waals surface area contributed by atoms with Crippen molar-refractivity contribution in [2.45, 2.75) is 19.8 Å². The summed E-state index contributed by atoms with van der Waals surface area (Å²) in [4.78, 5) is 23.2. The van der Waals surface area contributed by atoms with Crippen LogP contribution in [0.5, 0.6) is 10.8 Å². The molecule has 0 fully saturated rings. The number of aryl methyl sites for hydroxylation is 2. The quantitative estimate of drug-likeness (QED) is 0.496. The Balaban J connectivity index is 1.58. The molecule has 0 radical (unpaired) electrons. The third-order valence-electron chi connectivity index (χ3n) is 4.78. The topological polar surface area (TPSA) is 77.0 Å². The molecular formula is C21H16N4O2S2. The van der Waals surface area contributed by atoms with E-state index in [0.29, 0.717) is 21.4 Å². The van der Waals surface area contributed by atoms with Crippen LogP contribution in [-0.2, 0) is 12.8 Å². The predicted molar refractivity (Wildman–Crippen MR) is 114 cm³/mol. The molecule has 4 aromatic heterocycles. The highest BCUT2D eigenvalue weighted by Gasteiger charge is 2.31. The van der Waals surface area contributed by atoms with Gasteiger partial charge in [-0.05, 0) is 66.7 Å². The summed E-state index contributed by atoms with van der Waals surface area (Å²) in [5, 5.41) is 3.65. The molecule has 1 amide bonds. The van der Waals surface area contributed by atoms with Crippen LogP contribution in [0.15, 0.2) is 49.1 Å². The lowest BCUT2D eigenvalue weighted by Crippen LogP contribution is -2.13. The highest BCUT2D eigenvalue weighted by atomic mass is 32.1. The first kappa shape index (κ1) is 18.0. The molecule has 1 aliphatic rings. The van der Waals surface area contributed by atoms with Crippen LogP contribution in [-0.4, -0.2) is 20.2 Å². The fraction of sp³-hybridized carbons (Fsp3) is 0.143. The Morgan fingerprint density at radius 3 is 2.90 bits per heavy atom. The summed E-state index contributed by atoms with van der Waals surface area (Å²) in [6.45, 7) is 1.91. The number of ether oxygens (including phenoxy) is 1. The number of nitrogens with zero attached hydrogens (tertiary/aromatic N) is 3. The van der Waals surface area contributed by atoms with Gasteiger partial charge in [0.15, 0.2) is 5.06 Å². The first-order chi connectivity index (χ1) is 14.2. The van der Waals surface area contributed by atoms with Crippen LogP contribution in [0, 0.1) is 6.92 Å². The maximum absolute atomic E-state index is 13.1. The van der Waals surface area contributed by atoms with Gasteiger partial charge in [0.25, 0.3) is 5.91 Å². The van der Waals surface area contributed by atoms with Gasteiger partial charge in [-0.1, -0.05) is 11.3 Å². The molecule has 8 heteroatoms. The van der Waals surface area contributed by atoms with Crippen molar-refractivity contribution in [3.8, 4) is 21.3 Å². The van der Waals surface area contributed by atoms with Gasteiger partial charge in [-0.2, -0.15) is 0 Å². The van der Waals surface area contributed by atoms with E-state index in [2.05, 4.69) is 19.7 Å². The van der Waals surface area contributed by atoms with Gasteiger partial charge in [-0.15, -0.1) is 0 Å². The molecule has 6 nitrogen and oxygen atoms in total. The van der Waals surface area contributed by atoms with E-state index in [0.717, 1.165) is 34.5 Å². The number of rotatable bonds is 4. The van der Waals surface area contributed by atoms with Gasteiger partial charge >= 0.3 is 0 Å². The molecule has 144 valence electrons. The number of hydrogen-bond acceptors (Lipinski definition) is 7. The number of hydrogen-bond donors (Lipinski definition) is 1. The van der Waals surface area contributed by atoms with E-state index < -0.39 is 0 Å². The van der Waals surface area contributed by atoms with Crippen LogP contribution in [0.3, 0.4) is 0 Å². The second kappa shape index (κ2) is 7.38. The van der Waals surface area contributed by atoms with Gasteiger partial charge in [-0.3, -0.25) is 14.8 Å². The van der Waals surface area contributed by atoms with Crippen LogP contribution in [0.25, 0.3) is 10.4 Å². The Labute approximate surface area is 175 Å². The SMILES string of the molecule is Cc1ncccc1Oc1sc(C(=O)Nc2cccnc2)c2c1-c1sncc1CC2. The average molecular weight is 421 g/mol. The van der Waals surface area contributed by atoms with Crippen LogP contribution < -0.4 is 10.1 Å². The number of carbonyl (C=O) groups is 1. The number of fused-ring (bicyclic) bond motifs is 3. The Kier molecular flexibility index (Phi) is 4.57. The third kappa shape index (κ3) is 3.30. The molecule has 1 aliphatic carbocycles. The molecule has 0 saturated carbocycles. The summed E-state index contributed by atoms with van der Waals surface area (Å²) in [7, 11) is 0. The number of aromatic nitrogens is 3. The number of amides is 1. The van der Waals surface area contributed by atoms with Crippen molar-refractivity contribution in [3.63, 3.8) is 0 Å². The maximum atomic E-state index is 13.1. The lowest BCUT2D eigenvalue weighted by Gasteiger charge is -2.14. The molecule has 5 rings (SSSR count). The van der Waals surface area contributed by atoms with Crippen molar-refractivity contribution in [3.05, 3.63) is 70.8 Å². The Bertz CT molecular complexity index is 1200. The van der Waals surface area contributed by atoms with Crippen molar-refractivity contribution >= 4 is 34.5 Å². The Hall–Kier alpha value is -3.10. The van der Waals surface area contributed by atoms with E-state index in [1.165, 1.54) is 28.4 Å². The average Bonchev–Trinajstić information content (AvgIpc) is 3.35. The first-order valence-corrected chi connectivity index (χ1v) is 10.7. The number of carbonyl (C=O) groups excluding carboxylic acids is 1. The molecule has 0 unspecified atom stereocenters.